The number of nitrogens with zero attached hydrogens (tertiary/aromatic N) is 1. The number of nitrogens with one attached hydrogen (secondary N) is 2. The lowest BCUT2D eigenvalue weighted by Gasteiger charge is -2.20. The molecule has 1 rings (SSSR count). The van der Waals surface area contributed by atoms with Gasteiger partial charge in [0.2, 0.25) is 5.91 Å². The lowest BCUT2D eigenvalue weighted by Crippen LogP contribution is -2.41. The van der Waals surface area contributed by atoms with Crippen LogP contribution >= 0.6 is 12.2 Å². The van der Waals surface area contributed by atoms with Gasteiger partial charge in [-0.25, -0.2) is 0 Å². The van der Waals surface area contributed by atoms with E-state index in [9.17, 15) is 4.79 Å². The Kier molecular flexibility index (Phi) is 6.18. The van der Waals surface area contributed by atoms with Gasteiger partial charge in [-0.1, -0.05) is 29.8 Å². The first-order valence-corrected chi connectivity index (χ1v) is 6.79. The first-order valence-electron chi connectivity index (χ1n) is 6.38. The van der Waals surface area contributed by atoms with Gasteiger partial charge in [-0.2, -0.15) is 0 Å². The minimum absolute atomic E-state index is 0.101. The molecule has 0 radical (unpaired) electrons. The van der Waals surface area contributed by atoms with Gasteiger partial charge in [-0.3, -0.25) is 4.79 Å². The Morgan fingerprint density at radius 3 is 2.50 bits per heavy atom. The summed E-state index contributed by atoms with van der Waals surface area (Å²) in [6.45, 7) is 8.53. The van der Waals surface area contributed by atoms with E-state index in [1.165, 1.54) is 0 Å². The minimum atomic E-state index is -0.101. The van der Waals surface area contributed by atoms with Crippen molar-refractivity contribution in [2.45, 2.75) is 13.8 Å². The molecule has 5 heteroatoms. The van der Waals surface area contributed by atoms with Crippen LogP contribution in [-0.4, -0.2) is 36.1 Å². The maximum absolute atomic E-state index is 11.9. The normalized spacial score (nSPS) is 9.75. The molecule has 0 aromatic heterocycles. The molecular formula is C15H21N3OS. The summed E-state index contributed by atoms with van der Waals surface area (Å²) in [5.41, 5.74) is 2.94. The van der Waals surface area contributed by atoms with Crippen LogP contribution in [-0.2, 0) is 4.79 Å². The summed E-state index contributed by atoms with van der Waals surface area (Å²) in [5, 5.41) is 6.40. The van der Waals surface area contributed by atoms with Crippen LogP contribution in [0.4, 0.5) is 5.69 Å². The van der Waals surface area contributed by atoms with E-state index in [4.69, 9.17) is 12.2 Å². The van der Waals surface area contributed by atoms with E-state index in [1.54, 1.807) is 11.9 Å². The highest BCUT2D eigenvalue weighted by Crippen LogP contribution is 2.08. The van der Waals surface area contributed by atoms with Crippen LogP contribution in [0.15, 0.2) is 36.4 Å². The number of hydrogen-bond donors (Lipinski definition) is 2. The van der Waals surface area contributed by atoms with Crippen molar-refractivity contribution in [3.63, 3.8) is 0 Å². The van der Waals surface area contributed by atoms with Crippen LogP contribution in [0.3, 0.4) is 0 Å². The van der Waals surface area contributed by atoms with E-state index >= 15 is 0 Å². The van der Waals surface area contributed by atoms with Crippen LogP contribution in [0.25, 0.3) is 0 Å². The van der Waals surface area contributed by atoms with Gasteiger partial charge in [-0.05, 0) is 38.2 Å². The van der Waals surface area contributed by atoms with Crippen LogP contribution in [0.5, 0.6) is 0 Å². The Morgan fingerprint density at radius 1 is 1.35 bits per heavy atom. The molecule has 2 N–H and O–H groups in total. The van der Waals surface area contributed by atoms with Crippen molar-refractivity contribution >= 4 is 28.9 Å². The molecule has 0 atom stereocenters. The van der Waals surface area contributed by atoms with Crippen molar-refractivity contribution in [1.29, 1.82) is 0 Å². The molecule has 1 amide bonds. The molecule has 0 aliphatic rings. The predicted octanol–water partition coefficient (Wildman–Crippen LogP) is 2.32. The Morgan fingerprint density at radius 2 is 1.95 bits per heavy atom. The smallest absolute Gasteiger partial charge is 0.243 e. The van der Waals surface area contributed by atoms with Gasteiger partial charge in [0.1, 0.15) is 0 Å². The van der Waals surface area contributed by atoms with Crippen molar-refractivity contribution in [3.8, 4) is 0 Å². The zero-order chi connectivity index (χ0) is 15.1. The summed E-state index contributed by atoms with van der Waals surface area (Å²) in [4.78, 5) is 13.6. The SMILES string of the molecule is C=C(C)CNC(=S)N(C)CC(=O)Nc1ccc(C)cc1. The fourth-order valence-corrected chi connectivity index (χ4v) is 1.62. The minimum Gasteiger partial charge on any atom is -0.359 e. The number of hydrogen-bond acceptors (Lipinski definition) is 2. The fraction of sp³-hybridized carbons (Fsp3) is 0.333. The molecule has 0 aliphatic carbocycles. The highest BCUT2D eigenvalue weighted by atomic mass is 32.1. The predicted molar refractivity (Wildman–Crippen MR) is 87.9 cm³/mol. The van der Waals surface area contributed by atoms with Crippen molar-refractivity contribution < 1.29 is 4.79 Å². The molecule has 1 aromatic carbocycles. The molecular weight excluding hydrogens is 270 g/mol. The standard InChI is InChI=1S/C15H21N3OS/c1-11(2)9-16-15(20)18(4)10-14(19)17-13-7-5-12(3)6-8-13/h5-8H,1,9-10H2,2-4H3,(H,16,20)(H,17,19). The molecule has 0 unspecified atom stereocenters. The first kappa shape index (κ1) is 16.2. The number of aryl methyl sites for hydroxylation is 1. The Bertz CT molecular complexity index is 496. The molecule has 0 heterocycles. The van der Waals surface area contributed by atoms with E-state index in [0.29, 0.717) is 11.7 Å². The van der Waals surface area contributed by atoms with E-state index in [1.807, 2.05) is 38.1 Å². The highest BCUT2D eigenvalue weighted by Gasteiger charge is 2.09. The number of anilines is 1. The number of benzene rings is 1. The van der Waals surface area contributed by atoms with Crippen LogP contribution in [0, 0.1) is 6.92 Å². The molecule has 20 heavy (non-hydrogen) atoms. The number of amides is 1. The highest BCUT2D eigenvalue weighted by molar-refractivity contribution is 7.80. The number of thiocarbonyl (C=S) groups is 1. The number of carbonyl (C=O) groups excluding carboxylic acids is 1. The molecule has 0 spiro atoms. The van der Waals surface area contributed by atoms with Crippen LogP contribution in [0.1, 0.15) is 12.5 Å². The average Bonchev–Trinajstić information content (AvgIpc) is 2.38. The largest absolute Gasteiger partial charge is 0.359 e. The maximum Gasteiger partial charge on any atom is 0.243 e. The Hall–Kier alpha value is -1.88. The van der Waals surface area contributed by atoms with Gasteiger partial charge >= 0.3 is 0 Å². The molecule has 0 aliphatic heterocycles. The number of likely N-dealkylation sites (N-methyl/N-ethyl adjacent to an activating group) is 1. The van der Waals surface area contributed by atoms with Crippen LogP contribution < -0.4 is 10.6 Å². The van der Waals surface area contributed by atoms with Crippen molar-refractivity contribution in [1.82, 2.24) is 10.2 Å². The summed E-state index contributed by atoms with van der Waals surface area (Å²) in [6.07, 6.45) is 0. The average molecular weight is 291 g/mol. The molecule has 0 bridgehead atoms. The second-order valence-electron chi connectivity index (χ2n) is 4.89. The Labute approximate surface area is 125 Å². The van der Waals surface area contributed by atoms with Crippen LogP contribution in [0.2, 0.25) is 0 Å². The van der Waals surface area contributed by atoms with Gasteiger partial charge < -0.3 is 15.5 Å². The monoisotopic (exact) mass is 291 g/mol. The summed E-state index contributed by atoms with van der Waals surface area (Å²) in [5.74, 6) is -0.101. The molecule has 1 aromatic rings. The molecule has 0 saturated heterocycles. The van der Waals surface area contributed by atoms with Gasteiger partial charge in [0.15, 0.2) is 5.11 Å². The van der Waals surface area contributed by atoms with E-state index in [0.717, 1.165) is 16.8 Å². The van der Waals surface area contributed by atoms with Crippen molar-refractivity contribution in [3.05, 3.63) is 42.0 Å². The molecule has 0 saturated carbocycles. The lowest BCUT2D eigenvalue weighted by molar-refractivity contribution is -0.116. The fourth-order valence-electron chi connectivity index (χ4n) is 1.49. The van der Waals surface area contributed by atoms with Gasteiger partial charge in [0.25, 0.3) is 0 Å². The zero-order valence-corrected chi connectivity index (χ0v) is 13.0. The molecule has 0 fully saturated rings. The summed E-state index contributed by atoms with van der Waals surface area (Å²) in [6, 6.07) is 7.67. The van der Waals surface area contributed by atoms with Gasteiger partial charge in [-0.15, -0.1) is 0 Å². The van der Waals surface area contributed by atoms with Crippen molar-refractivity contribution in [2.75, 3.05) is 25.5 Å². The lowest BCUT2D eigenvalue weighted by atomic mass is 10.2. The zero-order valence-electron chi connectivity index (χ0n) is 12.2. The molecule has 4 nitrogen and oxygen atoms in total. The maximum atomic E-state index is 11.9. The third kappa shape index (κ3) is 5.84. The first-order chi connectivity index (χ1) is 9.38. The topological polar surface area (TPSA) is 44.4 Å². The van der Waals surface area contributed by atoms with E-state index < -0.39 is 0 Å². The Balaban J connectivity index is 2.43. The quantitative estimate of drug-likeness (QED) is 0.645. The summed E-state index contributed by atoms with van der Waals surface area (Å²) >= 11 is 5.19. The molecule has 108 valence electrons. The van der Waals surface area contributed by atoms with E-state index in [-0.39, 0.29) is 12.5 Å². The summed E-state index contributed by atoms with van der Waals surface area (Å²) < 4.78 is 0. The van der Waals surface area contributed by atoms with Crippen molar-refractivity contribution in [2.24, 2.45) is 0 Å². The third-order valence-electron chi connectivity index (χ3n) is 2.60. The number of carbonyl (C=O) groups is 1. The van der Waals surface area contributed by atoms with Gasteiger partial charge in [0.05, 0.1) is 6.54 Å². The van der Waals surface area contributed by atoms with Gasteiger partial charge in [0, 0.05) is 19.3 Å². The van der Waals surface area contributed by atoms with E-state index in [2.05, 4.69) is 17.2 Å². The number of rotatable bonds is 5. The second-order valence-corrected chi connectivity index (χ2v) is 5.27. The third-order valence-corrected chi connectivity index (χ3v) is 3.06. The summed E-state index contributed by atoms with van der Waals surface area (Å²) in [7, 11) is 1.78. The second kappa shape index (κ2) is 7.65.